The van der Waals surface area contributed by atoms with Gasteiger partial charge in [-0.25, -0.2) is 4.68 Å². The molecule has 1 amide bonds. The Morgan fingerprint density at radius 2 is 2.25 bits per heavy atom. The zero-order valence-corrected chi connectivity index (χ0v) is 14.0. The van der Waals surface area contributed by atoms with Crippen LogP contribution in [0.2, 0.25) is 5.02 Å². The summed E-state index contributed by atoms with van der Waals surface area (Å²) in [5, 5.41) is 26.9. The maximum atomic E-state index is 12.1. The second kappa shape index (κ2) is 7.75. The van der Waals surface area contributed by atoms with Crippen molar-refractivity contribution in [3.05, 3.63) is 38.9 Å². The number of aromatic nitrogens is 4. The van der Waals surface area contributed by atoms with Crippen LogP contribution in [0.1, 0.15) is 23.7 Å². The Hall–Kier alpha value is -2.66. The Bertz CT molecular complexity index is 795. The van der Waals surface area contributed by atoms with Gasteiger partial charge in [0.1, 0.15) is 5.02 Å². The van der Waals surface area contributed by atoms with Gasteiger partial charge >= 0.3 is 0 Å². The van der Waals surface area contributed by atoms with Crippen LogP contribution < -0.4 is 10.6 Å². The van der Waals surface area contributed by atoms with E-state index in [0.717, 1.165) is 12.5 Å². The SMILES string of the molecule is CCCn1nnnc1NC(=S)NC(=O)c1ccc(Cl)c([N+](=O)[O-])c1. The smallest absolute Gasteiger partial charge is 0.288 e. The Morgan fingerprint density at radius 1 is 1.50 bits per heavy atom. The third-order valence-corrected chi connectivity index (χ3v) is 3.35. The lowest BCUT2D eigenvalue weighted by molar-refractivity contribution is -0.384. The number of halogens is 1. The number of benzene rings is 1. The monoisotopic (exact) mass is 369 g/mol. The number of thiocarbonyl (C=S) groups is 1. The zero-order chi connectivity index (χ0) is 17.7. The molecule has 0 fully saturated rings. The van der Waals surface area contributed by atoms with Gasteiger partial charge in [0.25, 0.3) is 11.6 Å². The van der Waals surface area contributed by atoms with Gasteiger partial charge in [-0.15, -0.1) is 0 Å². The Morgan fingerprint density at radius 3 is 2.92 bits per heavy atom. The molecule has 12 heteroatoms. The predicted molar refractivity (Wildman–Crippen MR) is 89.9 cm³/mol. The first-order chi connectivity index (χ1) is 11.4. The fraction of sp³-hybridized carbons (Fsp3) is 0.250. The van der Waals surface area contributed by atoms with E-state index in [1.165, 1.54) is 16.8 Å². The number of tetrazole rings is 1. The van der Waals surface area contributed by atoms with Crippen molar-refractivity contribution in [1.82, 2.24) is 25.5 Å². The van der Waals surface area contributed by atoms with E-state index < -0.39 is 10.8 Å². The van der Waals surface area contributed by atoms with Crippen LogP contribution in [0.15, 0.2) is 18.2 Å². The molecule has 0 saturated carbocycles. The maximum Gasteiger partial charge on any atom is 0.288 e. The zero-order valence-electron chi connectivity index (χ0n) is 12.4. The molecule has 0 radical (unpaired) electrons. The van der Waals surface area contributed by atoms with E-state index >= 15 is 0 Å². The van der Waals surface area contributed by atoms with Gasteiger partial charge in [0, 0.05) is 18.2 Å². The molecule has 0 bridgehead atoms. The number of nitrogens with one attached hydrogen (secondary N) is 2. The molecule has 1 aromatic carbocycles. The topological polar surface area (TPSA) is 128 Å². The summed E-state index contributed by atoms with van der Waals surface area (Å²) in [6, 6.07) is 3.70. The van der Waals surface area contributed by atoms with Gasteiger partial charge < -0.3 is 0 Å². The van der Waals surface area contributed by atoms with Crippen LogP contribution in [0, 0.1) is 10.1 Å². The minimum atomic E-state index is -0.672. The lowest BCUT2D eigenvalue weighted by Crippen LogP contribution is -2.35. The molecule has 2 aromatic rings. The number of aryl methyl sites for hydroxylation is 1. The molecular weight excluding hydrogens is 358 g/mol. The van der Waals surface area contributed by atoms with Crippen molar-refractivity contribution in [3.8, 4) is 0 Å². The van der Waals surface area contributed by atoms with E-state index in [2.05, 4.69) is 26.2 Å². The first-order valence-corrected chi connectivity index (χ1v) is 7.53. The van der Waals surface area contributed by atoms with Gasteiger partial charge in [0.2, 0.25) is 5.95 Å². The van der Waals surface area contributed by atoms with Crippen molar-refractivity contribution < 1.29 is 9.72 Å². The molecule has 2 rings (SSSR count). The molecule has 0 saturated heterocycles. The number of nitro benzene ring substituents is 1. The highest BCUT2D eigenvalue weighted by molar-refractivity contribution is 7.80. The van der Waals surface area contributed by atoms with Crippen molar-refractivity contribution in [2.45, 2.75) is 19.9 Å². The molecule has 10 nitrogen and oxygen atoms in total. The maximum absolute atomic E-state index is 12.1. The third-order valence-electron chi connectivity index (χ3n) is 2.82. The Balaban J connectivity index is 2.06. The second-order valence-electron chi connectivity index (χ2n) is 4.56. The van der Waals surface area contributed by atoms with E-state index in [-0.39, 0.29) is 27.3 Å². The first-order valence-electron chi connectivity index (χ1n) is 6.74. The highest BCUT2D eigenvalue weighted by atomic mass is 35.5. The number of hydrogen-bond acceptors (Lipinski definition) is 7. The fourth-order valence-electron chi connectivity index (χ4n) is 1.76. The van der Waals surface area contributed by atoms with E-state index in [9.17, 15) is 14.9 Å². The van der Waals surface area contributed by atoms with E-state index in [4.69, 9.17) is 23.8 Å². The summed E-state index contributed by atoms with van der Waals surface area (Å²) < 4.78 is 1.49. The summed E-state index contributed by atoms with van der Waals surface area (Å²) >= 11 is 10.7. The number of hydrogen-bond donors (Lipinski definition) is 2. The van der Waals surface area contributed by atoms with E-state index in [0.29, 0.717) is 6.54 Å². The standard InChI is InChI=1S/C12H12ClN7O3S/c1-2-5-19-11(16-17-18-19)15-12(24)14-10(21)7-3-4-8(13)9(6-7)20(22)23/h3-4,6H,2,5H2,1H3,(H2,14,15,16,18,21,24). The average molecular weight is 370 g/mol. The van der Waals surface area contributed by atoms with Crippen LogP contribution in [0.3, 0.4) is 0 Å². The molecular formula is C12H12ClN7O3S. The van der Waals surface area contributed by atoms with Gasteiger partial charge in [-0.2, -0.15) is 0 Å². The summed E-state index contributed by atoms with van der Waals surface area (Å²) in [6.07, 6.45) is 0.813. The van der Waals surface area contributed by atoms with Crippen molar-refractivity contribution in [2.24, 2.45) is 0 Å². The van der Waals surface area contributed by atoms with Crippen molar-refractivity contribution in [2.75, 3.05) is 5.32 Å². The van der Waals surface area contributed by atoms with Crippen molar-refractivity contribution >= 4 is 46.5 Å². The Kier molecular flexibility index (Phi) is 5.71. The molecule has 0 aliphatic carbocycles. The van der Waals surface area contributed by atoms with E-state index in [1.54, 1.807) is 0 Å². The third kappa shape index (κ3) is 4.20. The number of nitrogens with zero attached hydrogens (tertiary/aromatic N) is 5. The molecule has 0 atom stereocenters. The molecule has 1 heterocycles. The van der Waals surface area contributed by atoms with Crippen molar-refractivity contribution in [3.63, 3.8) is 0 Å². The molecule has 126 valence electrons. The van der Waals surface area contributed by atoms with Gasteiger partial charge in [-0.1, -0.05) is 23.6 Å². The quantitative estimate of drug-likeness (QED) is 0.463. The molecule has 0 aliphatic heterocycles. The Labute approximate surface area is 146 Å². The fourth-order valence-corrected chi connectivity index (χ4v) is 2.13. The predicted octanol–water partition coefficient (Wildman–Crippen LogP) is 1.77. The highest BCUT2D eigenvalue weighted by Crippen LogP contribution is 2.24. The number of carbonyl (C=O) groups is 1. The lowest BCUT2D eigenvalue weighted by Gasteiger charge is -2.09. The molecule has 2 N–H and O–H groups in total. The van der Waals surface area contributed by atoms with Crippen LogP contribution in [-0.2, 0) is 6.54 Å². The van der Waals surface area contributed by atoms with Crippen LogP contribution in [-0.4, -0.2) is 36.2 Å². The molecule has 0 unspecified atom stereocenters. The lowest BCUT2D eigenvalue weighted by atomic mass is 10.2. The number of rotatable bonds is 5. The molecule has 1 aromatic heterocycles. The highest BCUT2D eigenvalue weighted by Gasteiger charge is 2.17. The molecule has 0 spiro atoms. The van der Waals surface area contributed by atoms with Crippen LogP contribution in [0.4, 0.5) is 11.6 Å². The normalized spacial score (nSPS) is 10.2. The molecule has 24 heavy (non-hydrogen) atoms. The largest absolute Gasteiger partial charge is 0.300 e. The summed E-state index contributed by atoms with van der Waals surface area (Å²) in [5.74, 6) is -0.342. The number of carbonyl (C=O) groups excluding carboxylic acids is 1. The summed E-state index contributed by atoms with van der Waals surface area (Å²) in [7, 11) is 0. The van der Waals surface area contributed by atoms with Crippen LogP contribution >= 0.6 is 23.8 Å². The number of amides is 1. The van der Waals surface area contributed by atoms with Gasteiger partial charge in [0.15, 0.2) is 5.11 Å². The van der Waals surface area contributed by atoms with Crippen LogP contribution in [0.5, 0.6) is 0 Å². The summed E-state index contributed by atoms with van der Waals surface area (Å²) in [5.41, 5.74) is -0.321. The van der Waals surface area contributed by atoms with Crippen molar-refractivity contribution in [1.29, 1.82) is 0 Å². The number of anilines is 1. The molecule has 0 aliphatic rings. The number of nitro groups is 1. The van der Waals surface area contributed by atoms with Gasteiger partial charge in [-0.3, -0.25) is 25.5 Å². The summed E-state index contributed by atoms with van der Waals surface area (Å²) in [6.45, 7) is 2.54. The van der Waals surface area contributed by atoms with Crippen LogP contribution in [0.25, 0.3) is 0 Å². The minimum Gasteiger partial charge on any atom is -0.300 e. The second-order valence-corrected chi connectivity index (χ2v) is 5.37. The van der Waals surface area contributed by atoms with Gasteiger partial charge in [0.05, 0.1) is 4.92 Å². The minimum absolute atomic E-state index is 0.0373. The average Bonchev–Trinajstić information content (AvgIpc) is 2.94. The first kappa shape index (κ1) is 17.7. The summed E-state index contributed by atoms with van der Waals surface area (Å²) in [4.78, 5) is 22.3. The van der Waals surface area contributed by atoms with Gasteiger partial charge in [-0.05, 0) is 41.2 Å². The van der Waals surface area contributed by atoms with E-state index in [1.807, 2.05) is 6.92 Å².